The van der Waals surface area contributed by atoms with Crippen molar-refractivity contribution in [2.75, 3.05) is 0 Å². The SMILES string of the molecule is CCCCCCCc1ccc(C#Cc2ccc(C#Cc3ccc(CC)cc3)c(F)c2)cc1. The van der Waals surface area contributed by atoms with Gasteiger partial charge in [0.15, 0.2) is 0 Å². The van der Waals surface area contributed by atoms with Crippen LogP contribution in [-0.4, -0.2) is 0 Å². The minimum absolute atomic E-state index is 0.340. The van der Waals surface area contributed by atoms with Gasteiger partial charge in [0.2, 0.25) is 0 Å². The van der Waals surface area contributed by atoms with E-state index in [1.807, 2.05) is 30.3 Å². The molecule has 3 aromatic carbocycles. The van der Waals surface area contributed by atoms with Gasteiger partial charge in [-0.1, -0.05) is 87.5 Å². The molecule has 0 atom stereocenters. The van der Waals surface area contributed by atoms with E-state index in [4.69, 9.17) is 0 Å². The molecule has 0 N–H and O–H groups in total. The van der Waals surface area contributed by atoms with Crippen LogP contribution in [0, 0.1) is 29.5 Å². The zero-order valence-corrected chi connectivity index (χ0v) is 19.2. The van der Waals surface area contributed by atoms with Gasteiger partial charge in [-0.3, -0.25) is 0 Å². The van der Waals surface area contributed by atoms with E-state index < -0.39 is 0 Å². The predicted octanol–water partition coefficient (Wildman–Crippen LogP) is 7.70. The number of halogens is 1. The highest BCUT2D eigenvalue weighted by Gasteiger charge is 2.00. The fourth-order valence-electron chi connectivity index (χ4n) is 3.49. The van der Waals surface area contributed by atoms with Gasteiger partial charge in [0, 0.05) is 16.7 Å². The molecule has 0 aromatic heterocycles. The lowest BCUT2D eigenvalue weighted by Gasteiger charge is -2.02. The maximum atomic E-state index is 14.5. The molecule has 0 amide bonds. The van der Waals surface area contributed by atoms with E-state index in [1.54, 1.807) is 6.07 Å². The third-order valence-electron chi connectivity index (χ3n) is 5.55. The van der Waals surface area contributed by atoms with Gasteiger partial charge in [0.1, 0.15) is 5.82 Å². The van der Waals surface area contributed by atoms with Gasteiger partial charge in [0.25, 0.3) is 0 Å². The van der Waals surface area contributed by atoms with Gasteiger partial charge >= 0.3 is 0 Å². The number of rotatable bonds is 7. The Balaban J connectivity index is 1.59. The summed E-state index contributed by atoms with van der Waals surface area (Å²) in [5.74, 6) is 11.8. The lowest BCUT2D eigenvalue weighted by molar-refractivity contribution is 0.624. The van der Waals surface area contributed by atoms with Crippen LogP contribution in [0.3, 0.4) is 0 Å². The summed E-state index contributed by atoms with van der Waals surface area (Å²) in [7, 11) is 0. The van der Waals surface area contributed by atoms with E-state index in [2.05, 4.69) is 61.8 Å². The van der Waals surface area contributed by atoms with E-state index in [0.717, 1.165) is 24.0 Å². The first-order valence-corrected chi connectivity index (χ1v) is 11.7. The van der Waals surface area contributed by atoms with Crippen molar-refractivity contribution in [3.63, 3.8) is 0 Å². The van der Waals surface area contributed by atoms with Crippen molar-refractivity contribution in [3.8, 4) is 23.7 Å². The van der Waals surface area contributed by atoms with Crippen LogP contribution in [0.2, 0.25) is 0 Å². The number of unbranched alkanes of at least 4 members (excludes halogenated alkanes) is 4. The topological polar surface area (TPSA) is 0 Å². The van der Waals surface area contributed by atoms with E-state index in [9.17, 15) is 4.39 Å². The van der Waals surface area contributed by atoms with Crippen LogP contribution in [0.25, 0.3) is 0 Å². The summed E-state index contributed by atoms with van der Waals surface area (Å²) in [5.41, 5.74) is 5.49. The first-order chi connectivity index (χ1) is 15.7. The Kier molecular flexibility index (Phi) is 9.16. The Labute approximate surface area is 192 Å². The molecule has 0 unspecified atom stereocenters. The Hall–Kier alpha value is -3.29. The molecule has 0 bridgehead atoms. The molecule has 162 valence electrons. The number of hydrogen-bond donors (Lipinski definition) is 0. The van der Waals surface area contributed by atoms with Crippen LogP contribution in [0.4, 0.5) is 4.39 Å². The molecule has 0 saturated carbocycles. The third kappa shape index (κ3) is 7.44. The molecule has 0 saturated heterocycles. The highest BCUT2D eigenvalue weighted by Crippen LogP contribution is 2.12. The first kappa shape index (κ1) is 23.4. The molecule has 0 fully saturated rings. The summed E-state index contributed by atoms with van der Waals surface area (Å²) in [6.45, 7) is 4.36. The van der Waals surface area contributed by atoms with E-state index >= 15 is 0 Å². The van der Waals surface area contributed by atoms with Crippen LogP contribution in [-0.2, 0) is 12.8 Å². The van der Waals surface area contributed by atoms with Crippen LogP contribution in [0.15, 0.2) is 66.7 Å². The van der Waals surface area contributed by atoms with Crippen molar-refractivity contribution in [3.05, 3.63) is 106 Å². The molecule has 0 heterocycles. The number of hydrogen-bond acceptors (Lipinski definition) is 0. The quantitative estimate of drug-likeness (QED) is 0.270. The molecule has 0 spiro atoms. The van der Waals surface area contributed by atoms with Crippen molar-refractivity contribution in [1.29, 1.82) is 0 Å². The van der Waals surface area contributed by atoms with Crippen molar-refractivity contribution in [2.24, 2.45) is 0 Å². The second-order valence-electron chi connectivity index (χ2n) is 8.11. The zero-order valence-electron chi connectivity index (χ0n) is 19.2. The fourth-order valence-corrected chi connectivity index (χ4v) is 3.49. The molecule has 0 radical (unpaired) electrons. The Morgan fingerprint density at radius 3 is 1.78 bits per heavy atom. The van der Waals surface area contributed by atoms with Crippen LogP contribution >= 0.6 is 0 Å². The average Bonchev–Trinajstić information content (AvgIpc) is 2.83. The second kappa shape index (κ2) is 12.5. The molecule has 0 nitrogen and oxygen atoms in total. The molecule has 0 aliphatic carbocycles. The summed E-state index contributed by atoms with van der Waals surface area (Å²) in [4.78, 5) is 0. The highest BCUT2D eigenvalue weighted by molar-refractivity contribution is 5.49. The normalized spacial score (nSPS) is 10.1. The molecule has 0 aliphatic rings. The van der Waals surface area contributed by atoms with E-state index in [-0.39, 0.29) is 5.82 Å². The van der Waals surface area contributed by atoms with Crippen molar-refractivity contribution in [1.82, 2.24) is 0 Å². The molecule has 3 rings (SSSR count). The van der Waals surface area contributed by atoms with Gasteiger partial charge < -0.3 is 0 Å². The van der Waals surface area contributed by atoms with E-state index in [0.29, 0.717) is 11.1 Å². The molecule has 32 heavy (non-hydrogen) atoms. The molecular weight excluding hydrogens is 391 g/mol. The van der Waals surface area contributed by atoms with Crippen molar-refractivity contribution in [2.45, 2.75) is 58.8 Å². The average molecular weight is 423 g/mol. The van der Waals surface area contributed by atoms with Gasteiger partial charge in [-0.25, -0.2) is 4.39 Å². The summed E-state index contributed by atoms with van der Waals surface area (Å²) in [6, 6.07) is 21.4. The number of aryl methyl sites for hydroxylation is 2. The fraction of sp³-hybridized carbons (Fsp3) is 0.290. The maximum Gasteiger partial charge on any atom is 0.140 e. The zero-order chi connectivity index (χ0) is 22.6. The maximum absolute atomic E-state index is 14.5. The Bertz CT molecular complexity index is 1110. The summed E-state index contributed by atoms with van der Waals surface area (Å²) >= 11 is 0. The Morgan fingerprint density at radius 2 is 1.16 bits per heavy atom. The van der Waals surface area contributed by atoms with Crippen molar-refractivity contribution >= 4 is 0 Å². The Morgan fingerprint density at radius 1 is 0.594 bits per heavy atom. The first-order valence-electron chi connectivity index (χ1n) is 11.7. The highest BCUT2D eigenvalue weighted by atomic mass is 19.1. The monoisotopic (exact) mass is 422 g/mol. The molecule has 1 heteroatoms. The second-order valence-corrected chi connectivity index (χ2v) is 8.11. The summed E-state index contributed by atoms with van der Waals surface area (Å²) < 4.78 is 14.5. The van der Waals surface area contributed by atoms with Crippen molar-refractivity contribution < 1.29 is 4.39 Å². The minimum atomic E-state index is -0.340. The van der Waals surface area contributed by atoms with Gasteiger partial charge in [-0.15, -0.1) is 0 Å². The van der Waals surface area contributed by atoms with E-state index in [1.165, 1.54) is 49.3 Å². The molecular formula is C31H31F. The van der Waals surface area contributed by atoms with Gasteiger partial charge in [0.05, 0.1) is 5.56 Å². The largest absolute Gasteiger partial charge is 0.206 e. The predicted molar refractivity (Wildman–Crippen MR) is 133 cm³/mol. The lowest BCUT2D eigenvalue weighted by Crippen LogP contribution is -1.87. The summed E-state index contributed by atoms with van der Waals surface area (Å²) in [5, 5.41) is 0. The van der Waals surface area contributed by atoms with Crippen LogP contribution in [0.5, 0.6) is 0 Å². The molecule has 0 aliphatic heterocycles. The van der Waals surface area contributed by atoms with Crippen LogP contribution in [0.1, 0.15) is 79.3 Å². The number of benzene rings is 3. The van der Waals surface area contributed by atoms with Crippen LogP contribution < -0.4 is 0 Å². The molecule has 3 aromatic rings. The minimum Gasteiger partial charge on any atom is -0.206 e. The standard InChI is InChI=1S/C31H31F/c1-3-5-6-7-8-9-26-14-16-27(17-15-26)18-19-29-21-23-30(31(32)24-29)22-20-28-12-10-25(4-2)11-13-28/h10-17,21,23-24H,3-9H2,1-2H3. The smallest absolute Gasteiger partial charge is 0.140 e. The van der Waals surface area contributed by atoms with Gasteiger partial charge in [-0.2, -0.15) is 0 Å². The lowest BCUT2D eigenvalue weighted by atomic mass is 10.0. The van der Waals surface area contributed by atoms with Gasteiger partial charge in [-0.05, 0) is 72.9 Å². The summed E-state index contributed by atoms with van der Waals surface area (Å²) in [6.07, 6.45) is 8.58. The third-order valence-corrected chi connectivity index (χ3v) is 5.55.